The first-order valence-corrected chi connectivity index (χ1v) is 5.03. The maximum Gasteiger partial charge on any atom is 0.303 e. The summed E-state index contributed by atoms with van der Waals surface area (Å²) >= 11 is 8.67. The van der Waals surface area contributed by atoms with Crippen LogP contribution in [0.5, 0.6) is 0 Å². The van der Waals surface area contributed by atoms with Gasteiger partial charge < -0.3 is 5.11 Å². The van der Waals surface area contributed by atoms with Crippen LogP contribution in [-0.4, -0.2) is 11.1 Å². The average Bonchev–Trinajstić information content (AvgIpc) is 2.13. The molecule has 5 heteroatoms. The van der Waals surface area contributed by atoms with Crippen molar-refractivity contribution in [2.45, 2.75) is 12.8 Å². The van der Waals surface area contributed by atoms with Crippen molar-refractivity contribution in [3.05, 3.63) is 33.0 Å². The van der Waals surface area contributed by atoms with Crippen LogP contribution in [0.3, 0.4) is 0 Å². The molecular weight excluding hydrogens is 274 g/mol. The van der Waals surface area contributed by atoms with Crippen molar-refractivity contribution in [3.63, 3.8) is 0 Å². The topological polar surface area (TPSA) is 37.3 Å². The van der Waals surface area contributed by atoms with Crippen molar-refractivity contribution in [2.24, 2.45) is 0 Å². The molecule has 0 heterocycles. The lowest BCUT2D eigenvalue weighted by molar-refractivity contribution is -0.136. The Morgan fingerprint density at radius 2 is 2.21 bits per heavy atom. The first kappa shape index (κ1) is 11.5. The van der Waals surface area contributed by atoms with E-state index in [1.54, 1.807) is 6.07 Å². The van der Waals surface area contributed by atoms with Crippen molar-refractivity contribution >= 4 is 33.5 Å². The maximum absolute atomic E-state index is 13.2. The Morgan fingerprint density at radius 1 is 1.57 bits per heavy atom. The molecule has 0 bridgehead atoms. The van der Waals surface area contributed by atoms with Gasteiger partial charge in [0, 0.05) is 6.42 Å². The van der Waals surface area contributed by atoms with E-state index in [4.69, 9.17) is 16.7 Å². The van der Waals surface area contributed by atoms with E-state index in [1.165, 1.54) is 6.07 Å². The summed E-state index contributed by atoms with van der Waals surface area (Å²) in [5.41, 5.74) is 0.509. The third kappa shape index (κ3) is 2.69. The molecule has 0 aliphatic carbocycles. The molecule has 2 nitrogen and oxygen atoms in total. The number of carboxylic acids is 1. The predicted molar refractivity (Wildman–Crippen MR) is 55.1 cm³/mol. The molecule has 14 heavy (non-hydrogen) atoms. The van der Waals surface area contributed by atoms with E-state index >= 15 is 0 Å². The Kier molecular flexibility index (Phi) is 3.89. The second-order valence-corrected chi connectivity index (χ2v) is 3.96. The largest absolute Gasteiger partial charge is 0.481 e. The number of carboxylic acid groups (broad SMARTS) is 1. The molecule has 1 N–H and O–H groups in total. The third-order valence-electron chi connectivity index (χ3n) is 1.72. The quantitative estimate of drug-likeness (QED) is 0.864. The number of hydrogen-bond donors (Lipinski definition) is 1. The summed E-state index contributed by atoms with van der Waals surface area (Å²) in [7, 11) is 0. The van der Waals surface area contributed by atoms with Crippen LogP contribution in [0, 0.1) is 5.82 Å². The Balaban J connectivity index is 2.88. The molecule has 76 valence electrons. The van der Waals surface area contributed by atoms with Gasteiger partial charge in [0.05, 0.1) is 9.50 Å². The minimum absolute atomic E-state index is 0.0133. The highest BCUT2D eigenvalue weighted by molar-refractivity contribution is 9.10. The molecule has 0 unspecified atom stereocenters. The van der Waals surface area contributed by atoms with Crippen molar-refractivity contribution in [1.29, 1.82) is 0 Å². The molecule has 0 atom stereocenters. The minimum atomic E-state index is -0.926. The number of aliphatic carboxylic acids is 1. The second kappa shape index (κ2) is 4.75. The van der Waals surface area contributed by atoms with Gasteiger partial charge in [0.1, 0.15) is 0 Å². The van der Waals surface area contributed by atoms with Crippen molar-refractivity contribution < 1.29 is 14.3 Å². The molecule has 0 saturated carbocycles. The molecule has 0 amide bonds. The van der Waals surface area contributed by atoms with E-state index in [-0.39, 0.29) is 22.3 Å². The molecular formula is C9H7BrClFO2. The molecule has 0 aromatic heterocycles. The summed E-state index contributed by atoms with van der Waals surface area (Å²) in [6, 6.07) is 3.12. The molecule has 0 aliphatic rings. The van der Waals surface area contributed by atoms with Gasteiger partial charge in [-0.3, -0.25) is 4.79 Å². The minimum Gasteiger partial charge on any atom is -0.481 e. The summed E-state index contributed by atoms with van der Waals surface area (Å²) < 4.78 is 13.5. The first-order chi connectivity index (χ1) is 6.52. The monoisotopic (exact) mass is 280 g/mol. The Hall–Kier alpha value is -0.610. The van der Waals surface area contributed by atoms with Gasteiger partial charge in [0.2, 0.25) is 0 Å². The van der Waals surface area contributed by atoms with Crippen molar-refractivity contribution in [2.75, 3.05) is 0 Å². The van der Waals surface area contributed by atoms with Crippen LogP contribution in [0.2, 0.25) is 5.02 Å². The Labute approximate surface area is 93.8 Å². The normalized spacial score (nSPS) is 10.2. The first-order valence-electron chi connectivity index (χ1n) is 3.86. The van der Waals surface area contributed by atoms with Gasteiger partial charge in [-0.05, 0) is 34.0 Å². The molecule has 1 rings (SSSR count). The summed E-state index contributed by atoms with van der Waals surface area (Å²) in [6.07, 6.45) is 0.180. The van der Waals surface area contributed by atoms with E-state index in [9.17, 15) is 9.18 Å². The number of aryl methyl sites for hydroxylation is 1. The molecule has 1 aromatic carbocycles. The van der Waals surface area contributed by atoms with Crippen LogP contribution in [0.15, 0.2) is 16.6 Å². The van der Waals surface area contributed by atoms with E-state index in [1.807, 2.05) is 0 Å². The van der Waals surface area contributed by atoms with E-state index < -0.39 is 11.8 Å². The molecule has 0 spiro atoms. The number of carbonyl (C=O) groups is 1. The summed E-state index contributed by atoms with van der Waals surface area (Å²) in [4.78, 5) is 10.3. The highest BCUT2D eigenvalue weighted by atomic mass is 79.9. The van der Waals surface area contributed by atoms with E-state index in [0.29, 0.717) is 5.56 Å². The van der Waals surface area contributed by atoms with Gasteiger partial charge in [-0.2, -0.15) is 0 Å². The summed E-state index contributed by atoms with van der Waals surface area (Å²) in [5, 5.41) is 8.43. The lowest BCUT2D eigenvalue weighted by Gasteiger charge is -2.04. The van der Waals surface area contributed by atoms with Gasteiger partial charge in [0.15, 0.2) is 5.82 Å². The van der Waals surface area contributed by atoms with Gasteiger partial charge in [0.25, 0.3) is 0 Å². The van der Waals surface area contributed by atoms with Gasteiger partial charge >= 0.3 is 5.97 Å². The fourth-order valence-electron chi connectivity index (χ4n) is 1.00. The van der Waals surface area contributed by atoms with Crippen LogP contribution >= 0.6 is 27.5 Å². The van der Waals surface area contributed by atoms with Crippen molar-refractivity contribution in [3.8, 4) is 0 Å². The van der Waals surface area contributed by atoms with Crippen LogP contribution in [0.25, 0.3) is 0 Å². The standard InChI is InChI=1S/C9H7BrClFO2/c10-6-3-1-5(2-4-7(13)14)8(11)9(6)12/h1,3H,2,4H2,(H,13,14). The zero-order valence-electron chi connectivity index (χ0n) is 7.06. The average molecular weight is 282 g/mol. The molecule has 0 radical (unpaired) electrons. The number of halogens is 3. The zero-order chi connectivity index (χ0) is 10.7. The molecule has 0 saturated heterocycles. The number of benzene rings is 1. The lowest BCUT2D eigenvalue weighted by Crippen LogP contribution is -1.99. The Morgan fingerprint density at radius 3 is 2.79 bits per heavy atom. The fourth-order valence-corrected chi connectivity index (χ4v) is 1.70. The highest BCUT2D eigenvalue weighted by Crippen LogP contribution is 2.27. The number of hydrogen-bond acceptors (Lipinski definition) is 1. The van der Waals surface area contributed by atoms with E-state index in [2.05, 4.69) is 15.9 Å². The smallest absolute Gasteiger partial charge is 0.303 e. The SMILES string of the molecule is O=C(O)CCc1ccc(Br)c(F)c1Cl. The van der Waals surface area contributed by atoms with Crippen LogP contribution in [0.4, 0.5) is 4.39 Å². The van der Waals surface area contributed by atoms with Crippen LogP contribution in [0.1, 0.15) is 12.0 Å². The summed E-state index contributed by atoms with van der Waals surface area (Å²) in [6.45, 7) is 0. The summed E-state index contributed by atoms with van der Waals surface area (Å²) in [5.74, 6) is -1.47. The molecule has 0 fully saturated rings. The highest BCUT2D eigenvalue weighted by Gasteiger charge is 2.10. The van der Waals surface area contributed by atoms with Gasteiger partial charge in [-0.15, -0.1) is 0 Å². The third-order valence-corrected chi connectivity index (χ3v) is 2.74. The van der Waals surface area contributed by atoms with Crippen LogP contribution < -0.4 is 0 Å². The predicted octanol–water partition coefficient (Wildman–Crippen LogP) is 3.26. The van der Waals surface area contributed by atoms with Crippen molar-refractivity contribution in [1.82, 2.24) is 0 Å². The van der Waals surface area contributed by atoms with E-state index in [0.717, 1.165) is 0 Å². The molecule has 1 aromatic rings. The lowest BCUT2D eigenvalue weighted by atomic mass is 10.1. The maximum atomic E-state index is 13.2. The Bertz CT molecular complexity index is 368. The molecule has 0 aliphatic heterocycles. The fraction of sp³-hybridized carbons (Fsp3) is 0.222. The second-order valence-electron chi connectivity index (χ2n) is 2.73. The van der Waals surface area contributed by atoms with Gasteiger partial charge in [-0.25, -0.2) is 4.39 Å². The van der Waals surface area contributed by atoms with Crippen LogP contribution in [-0.2, 0) is 11.2 Å². The van der Waals surface area contributed by atoms with Gasteiger partial charge in [-0.1, -0.05) is 17.7 Å². The zero-order valence-corrected chi connectivity index (χ0v) is 9.40. The number of rotatable bonds is 3.